The summed E-state index contributed by atoms with van der Waals surface area (Å²) < 4.78 is 7.74. The van der Waals surface area contributed by atoms with Gasteiger partial charge in [-0.2, -0.15) is 0 Å². The number of nitrogens with zero attached hydrogens (tertiary/aromatic N) is 3. The summed E-state index contributed by atoms with van der Waals surface area (Å²) in [5.41, 5.74) is 5.27. The van der Waals surface area contributed by atoms with Gasteiger partial charge in [0, 0.05) is 41.5 Å². The van der Waals surface area contributed by atoms with E-state index in [2.05, 4.69) is 44.1 Å². The number of hydrogen-bond acceptors (Lipinski definition) is 3. The Hall–Kier alpha value is -3.31. The molecule has 5 aromatic rings. The van der Waals surface area contributed by atoms with Crippen LogP contribution in [0.5, 0.6) is 0 Å². The molecule has 2 aromatic carbocycles. The second-order valence-electron chi connectivity index (χ2n) is 6.63. The lowest BCUT2D eigenvalue weighted by Gasteiger charge is -1.98. The summed E-state index contributed by atoms with van der Waals surface area (Å²) in [6.07, 6.45) is 4.80. The maximum absolute atomic E-state index is 5.67. The SMILES string of the molecule is Cc1ncc(Cc2cn(-c3cc(-c4ccccc4)no3)c3ccccc23)[nH]1.Cl. The Morgan fingerprint density at radius 2 is 1.82 bits per heavy atom. The monoisotopic (exact) mass is 390 g/mol. The zero-order valence-electron chi connectivity index (χ0n) is 15.3. The normalized spacial score (nSPS) is 10.9. The highest BCUT2D eigenvalue weighted by molar-refractivity contribution is 5.86. The van der Waals surface area contributed by atoms with Gasteiger partial charge in [-0.1, -0.05) is 53.7 Å². The first kappa shape index (κ1) is 18.1. The van der Waals surface area contributed by atoms with E-state index in [0.717, 1.165) is 34.7 Å². The lowest BCUT2D eigenvalue weighted by molar-refractivity contribution is 0.410. The number of benzene rings is 2. The average molecular weight is 391 g/mol. The number of halogens is 1. The number of hydrogen-bond donors (Lipinski definition) is 1. The summed E-state index contributed by atoms with van der Waals surface area (Å²) in [4.78, 5) is 7.61. The lowest BCUT2D eigenvalue weighted by atomic mass is 10.1. The number of aromatic nitrogens is 4. The molecular weight excluding hydrogens is 372 g/mol. The number of rotatable bonds is 4. The molecule has 3 aromatic heterocycles. The van der Waals surface area contributed by atoms with Crippen molar-refractivity contribution in [1.82, 2.24) is 19.7 Å². The Kier molecular flexibility index (Phi) is 4.75. The first-order valence-corrected chi connectivity index (χ1v) is 8.90. The molecule has 6 heteroatoms. The van der Waals surface area contributed by atoms with E-state index in [1.165, 1.54) is 10.9 Å². The topological polar surface area (TPSA) is 59.6 Å². The van der Waals surface area contributed by atoms with Gasteiger partial charge >= 0.3 is 0 Å². The number of para-hydroxylation sites is 1. The second-order valence-corrected chi connectivity index (χ2v) is 6.63. The molecular formula is C22H19ClN4O. The van der Waals surface area contributed by atoms with Crippen molar-refractivity contribution in [2.24, 2.45) is 0 Å². The number of imidazole rings is 1. The molecule has 0 saturated heterocycles. The Morgan fingerprint density at radius 3 is 2.61 bits per heavy atom. The van der Waals surface area contributed by atoms with E-state index in [1.54, 1.807) is 0 Å². The molecule has 0 bridgehead atoms. The van der Waals surface area contributed by atoms with Crippen LogP contribution in [0.3, 0.4) is 0 Å². The van der Waals surface area contributed by atoms with Crippen molar-refractivity contribution in [2.75, 3.05) is 0 Å². The van der Waals surface area contributed by atoms with Crippen molar-refractivity contribution in [3.8, 4) is 17.1 Å². The molecule has 0 aliphatic rings. The van der Waals surface area contributed by atoms with Crippen molar-refractivity contribution in [1.29, 1.82) is 0 Å². The van der Waals surface area contributed by atoms with Gasteiger partial charge in [0.1, 0.15) is 11.5 Å². The Balaban J connectivity index is 0.00000192. The molecule has 0 radical (unpaired) electrons. The number of aromatic amines is 1. The number of nitrogens with one attached hydrogen (secondary N) is 1. The zero-order chi connectivity index (χ0) is 18.2. The summed E-state index contributed by atoms with van der Waals surface area (Å²) >= 11 is 0. The van der Waals surface area contributed by atoms with E-state index < -0.39 is 0 Å². The quantitative estimate of drug-likeness (QED) is 0.451. The third-order valence-corrected chi connectivity index (χ3v) is 4.74. The molecule has 0 unspecified atom stereocenters. The fraction of sp³-hybridized carbons (Fsp3) is 0.0909. The van der Waals surface area contributed by atoms with Gasteiger partial charge in [0.2, 0.25) is 5.88 Å². The highest BCUT2D eigenvalue weighted by atomic mass is 35.5. The fourth-order valence-electron chi connectivity index (χ4n) is 3.46. The molecule has 0 fully saturated rings. The van der Waals surface area contributed by atoms with Gasteiger partial charge in [0.25, 0.3) is 0 Å². The predicted molar refractivity (Wildman–Crippen MR) is 112 cm³/mol. The van der Waals surface area contributed by atoms with Gasteiger partial charge in [-0.15, -0.1) is 12.4 Å². The molecule has 140 valence electrons. The summed E-state index contributed by atoms with van der Waals surface area (Å²) in [5.74, 6) is 1.63. The van der Waals surface area contributed by atoms with E-state index in [4.69, 9.17) is 4.52 Å². The molecule has 0 atom stereocenters. The van der Waals surface area contributed by atoms with Gasteiger partial charge in [-0.05, 0) is 18.6 Å². The summed E-state index contributed by atoms with van der Waals surface area (Å²) in [6, 6.07) is 20.4. The average Bonchev–Trinajstić information content (AvgIpc) is 3.42. The number of aryl methyl sites for hydroxylation is 1. The molecule has 5 nitrogen and oxygen atoms in total. The van der Waals surface area contributed by atoms with Crippen LogP contribution in [0.1, 0.15) is 17.1 Å². The van der Waals surface area contributed by atoms with E-state index in [-0.39, 0.29) is 12.4 Å². The van der Waals surface area contributed by atoms with Gasteiger partial charge < -0.3 is 9.51 Å². The van der Waals surface area contributed by atoms with Gasteiger partial charge in [-0.3, -0.25) is 4.57 Å². The van der Waals surface area contributed by atoms with Crippen molar-refractivity contribution < 1.29 is 4.52 Å². The van der Waals surface area contributed by atoms with Crippen molar-refractivity contribution in [2.45, 2.75) is 13.3 Å². The molecule has 5 rings (SSSR count). The van der Waals surface area contributed by atoms with Crippen LogP contribution in [0, 0.1) is 6.92 Å². The van der Waals surface area contributed by atoms with Crippen LogP contribution in [-0.4, -0.2) is 19.7 Å². The van der Waals surface area contributed by atoms with Crippen LogP contribution in [0.2, 0.25) is 0 Å². The van der Waals surface area contributed by atoms with E-state index in [9.17, 15) is 0 Å². The van der Waals surface area contributed by atoms with Crippen molar-refractivity contribution in [3.05, 3.63) is 90.1 Å². The van der Waals surface area contributed by atoms with Crippen LogP contribution in [0.15, 0.2) is 77.6 Å². The minimum absolute atomic E-state index is 0. The van der Waals surface area contributed by atoms with E-state index in [0.29, 0.717) is 5.88 Å². The molecule has 0 spiro atoms. The van der Waals surface area contributed by atoms with Crippen LogP contribution in [0.4, 0.5) is 0 Å². The second kappa shape index (κ2) is 7.37. The molecule has 3 heterocycles. The molecule has 0 amide bonds. The first-order valence-electron chi connectivity index (χ1n) is 8.90. The molecule has 0 saturated carbocycles. The maximum Gasteiger partial charge on any atom is 0.236 e. The largest absolute Gasteiger partial charge is 0.346 e. The minimum Gasteiger partial charge on any atom is -0.346 e. The standard InChI is InChI=1S/C22H18N4O.ClH/c1-15-23-13-18(24-15)11-17-14-26(21-10-6-5-9-19(17)21)22-12-20(25-27-22)16-7-3-2-4-8-16;/h2-10,12-14H,11H2,1H3,(H,23,24);1H. The van der Waals surface area contributed by atoms with E-state index in [1.807, 2.05) is 55.6 Å². The summed E-state index contributed by atoms with van der Waals surface area (Å²) in [6.45, 7) is 1.96. The Bertz CT molecular complexity index is 1220. The lowest BCUT2D eigenvalue weighted by Crippen LogP contribution is -1.89. The Labute approximate surface area is 168 Å². The molecule has 0 aliphatic heterocycles. The van der Waals surface area contributed by atoms with Gasteiger partial charge in [-0.25, -0.2) is 4.98 Å². The van der Waals surface area contributed by atoms with Crippen LogP contribution in [0.25, 0.3) is 28.0 Å². The molecule has 0 aliphatic carbocycles. The number of fused-ring (bicyclic) bond motifs is 1. The van der Waals surface area contributed by atoms with Crippen LogP contribution in [-0.2, 0) is 6.42 Å². The molecule has 1 N–H and O–H groups in total. The smallest absolute Gasteiger partial charge is 0.236 e. The van der Waals surface area contributed by atoms with Crippen LogP contribution < -0.4 is 0 Å². The highest BCUT2D eigenvalue weighted by Gasteiger charge is 2.14. The summed E-state index contributed by atoms with van der Waals surface area (Å²) in [7, 11) is 0. The summed E-state index contributed by atoms with van der Waals surface area (Å²) in [5, 5.41) is 5.45. The van der Waals surface area contributed by atoms with Crippen molar-refractivity contribution >= 4 is 23.3 Å². The molecule has 28 heavy (non-hydrogen) atoms. The maximum atomic E-state index is 5.67. The third-order valence-electron chi connectivity index (χ3n) is 4.74. The van der Waals surface area contributed by atoms with E-state index >= 15 is 0 Å². The fourth-order valence-corrected chi connectivity index (χ4v) is 3.46. The van der Waals surface area contributed by atoms with Crippen molar-refractivity contribution in [3.63, 3.8) is 0 Å². The van der Waals surface area contributed by atoms with Gasteiger partial charge in [0.15, 0.2) is 0 Å². The number of H-pyrrole nitrogens is 1. The van der Waals surface area contributed by atoms with Gasteiger partial charge in [0.05, 0.1) is 5.52 Å². The first-order chi connectivity index (χ1) is 13.3. The Morgan fingerprint density at radius 1 is 1.04 bits per heavy atom. The third kappa shape index (κ3) is 3.21. The highest BCUT2D eigenvalue weighted by Crippen LogP contribution is 2.28. The zero-order valence-corrected chi connectivity index (χ0v) is 16.1. The predicted octanol–water partition coefficient (Wildman–Crippen LogP) is 5.33. The minimum atomic E-state index is 0. The van der Waals surface area contributed by atoms with Crippen LogP contribution >= 0.6 is 12.4 Å².